The molecule has 20 heavy (non-hydrogen) atoms. The van der Waals surface area contributed by atoms with Gasteiger partial charge in [0, 0.05) is 18.6 Å². The van der Waals surface area contributed by atoms with E-state index in [1.54, 1.807) is 27.4 Å². The monoisotopic (exact) mass is 280 g/mol. The number of rotatable bonds is 6. The Labute approximate surface area is 119 Å². The van der Waals surface area contributed by atoms with E-state index in [9.17, 15) is 4.79 Å². The molecule has 0 aliphatic heterocycles. The Balaban J connectivity index is 3.09. The normalized spacial score (nSPS) is 10.9. The maximum atomic E-state index is 10.8. The average Bonchev–Trinajstić information content (AvgIpc) is 2.44. The van der Waals surface area contributed by atoms with Crippen LogP contribution in [0.3, 0.4) is 0 Å². The zero-order valence-corrected chi connectivity index (χ0v) is 12.5. The van der Waals surface area contributed by atoms with E-state index in [0.717, 1.165) is 11.1 Å². The Kier molecular flexibility index (Phi) is 5.90. The molecular formula is C15H20O5. The largest absolute Gasteiger partial charge is 0.496 e. The van der Waals surface area contributed by atoms with E-state index in [-0.39, 0.29) is 12.6 Å². The van der Waals surface area contributed by atoms with Crippen LogP contribution in [0, 0.1) is 0 Å². The second-order valence-corrected chi connectivity index (χ2v) is 4.22. The SMILES string of the molecule is COc1cc(OC)c(OC)cc1/C=C(\C)COC(C)=O. The summed E-state index contributed by atoms with van der Waals surface area (Å²) in [6.07, 6.45) is 1.88. The standard InChI is InChI=1S/C15H20O5/c1-10(9-20-11(2)16)6-12-7-14(18-4)15(19-5)8-13(12)17-3/h6-8H,9H2,1-5H3/b10-6+. The zero-order valence-electron chi connectivity index (χ0n) is 12.5. The number of carbonyl (C=O) groups excluding carboxylic acids is 1. The lowest BCUT2D eigenvalue weighted by Gasteiger charge is -2.12. The molecule has 1 rings (SSSR count). The lowest BCUT2D eigenvalue weighted by Crippen LogP contribution is -2.01. The van der Waals surface area contributed by atoms with Gasteiger partial charge in [0.2, 0.25) is 0 Å². The van der Waals surface area contributed by atoms with Gasteiger partial charge in [-0.3, -0.25) is 4.79 Å². The summed E-state index contributed by atoms with van der Waals surface area (Å²) in [6, 6.07) is 3.57. The fourth-order valence-corrected chi connectivity index (χ4v) is 1.69. The summed E-state index contributed by atoms with van der Waals surface area (Å²) in [5.74, 6) is 1.56. The molecule has 0 N–H and O–H groups in total. The highest BCUT2D eigenvalue weighted by Gasteiger charge is 2.10. The van der Waals surface area contributed by atoms with Crippen LogP contribution < -0.4 is 14.2 Å². The molecule has 0 saturated heterocycles. The first-order chi connectivity index (χ1) is 9.51. The molecule has 0 aromatic heterocycles. The third-order valence-corrected chi connectivity index (χ3v) is 2.64. The Hall–Kier alpha value is -2.17. The van der Waals surface area contributed by atoms with Crippen molar-refractivity contribution in [3.8, 4) is 17.2 Å². The van der Waals surface area contributed by atoms with Crippen molar-refractivity contribution in [2.45, 2.75) is 13.8 Å². The van der Waals surface area contributed by atoms with Crippen LogP contribution in [0.25, 0.3) is 6.08 Å². The van der Waals surface area contributed by atoms with Crippen molar-refractivity contribution in [2.75, 3.05) is 27.9 Å². The van der Waals surface area contributed by atoms with Crippen molar-refractivity contribution < 1.29 is 23.7 Å². The van der Waals surface area contributed by atoms with Crippen molar-refractivity contribution in [3.63, 3.8) is 0 Å². The predicted molar refractivity (Wildman–Crippen MR) is 76.4 cm³/mol. The van der Waals surface area contributed by atoms with Crippen molar-refractivity contribution in [3.05, 3.63) is 23.3 Å². The minimum atomic E-state index is -0.308. The van der Waals surface area contributed by atoms with E-state index in [4.69, 9.17) is 18.9 Å². The highest BCUT2D eigenvalue weighted by atomic mass is 16.5. The molecule has 1 aromatic carbocycles. The van der Waals surface area contributed by atoms with Gasteiger partial charge in [-0.15, -0.1) is 0 Å². The number of esters is 1. The molecular weight excluding hydrogens is 260 g/mol. The first kappa shape index (κ1) is 15.9. The Morgan fingerprint density at radius 3 is 2.05 bits per heavy atom. The summed E-state index contributed by atoms with van der Waals surface area (Å²) in [5, 5.41) is 0. The van der Waals surface area contributed by atoms with Gasteiger partial charge in [-0.1, -0.05) is 0 Å². The maximum Gasteiger partial charge on any atom is 0.302 e. The summed E-state index contributed by atoms with van der Waals surface area (Å²) in [4.78, 5) is 10.8. The van der Waals surface area contributed by atoms with E-state index < -0.39 is 0 Å². The van der Waals surface area contributed by atoms with Gasteiger partial charge in [-0.2, -0.15) is 0 Å². The topological polar surface area (TPSA) is 54.0 Å². The first-order valence-corrected chi connectivity index (χ1v) is 6.12. The first-order valence-electron chi connectivity index (χ1n) is 6.12. The van der Waals surface area contributed by atoms with Crippen LogP contribution in [-0.2, 0) is 9.53 Å². The second kappa shape index (κ2) is 7.43. The molecule has 0 bridgehead atoms. The molecule has 0 spiro atoms. The summed E-state index contributed by atoms with van der Waals surface area (Å²) in [7, 11) is 4.72. The Morgan fingerprint density at radius 1 is 1.00 bits per heavy atom. The zero-order chi connectivity index (χ0) is 15.1. The third-order valence-electron chi connectivity index (χ3n) is 2.64. The maximum absolute atomic E-state index is 10.8. The summed E-state index contributed by atoms with van der Waals surface area (Å²) >= 11 is 0. The molecule has 1 aromatic rings. The number of benzene rings is 1. The van der Waals surface area contributed by atoms with Crippen molar-refractivity contribution in [1.29, 1.82) is 0 Å². The molecule has 5 heteroatoms. The van der Waals surface area contributed by atoms with Crippen LogP contribution >= 0.6 is 0 Å². The van der Waals surface area contributed by atoms with Crippen molar-refractivity contribution in [1.82, 2.24) is 0 Å². The molecule has 0 saturated carbocycles. The molecule has 5 nitrogen and oxygen atoms in total. The molecule has 0 fully saturated rings. The predicted octanol–water partition coefficient (Wildman–Crippen LogP) is 2.68. The second-order valence-electron chi connectivity index (χ2n) is 4.22. The molecule has 110 valence electrons. The minimum Gasteiger partial charge on any atom is -0.496 e. The molecule has 0 amide bonds. The molecule has 0 unspecified atom stereocenters. The van der Waals surface area contributed by atoms with Crippen LogP contribution in [0.1, 0.15) is 19.4 Å². The number of ether oxygens (including phenoxy) is 4. The Bertz CT molecular complexity index is 505. The van der Waals surface area contributed by atoms with Gasteiger partial charge in [0.05, 0.1) is 21.3 Å². The Morgan fingerprint density at radius 2 is 1.55 bits per heavy atom. The summed E-state index contributed by atoms with van der Waals surface area (Å²) in [6.45, 7) is 3.50. The van der Waals surface area contributed by atoms with Crippen LogP contribution in [-0.4, -0.2) is 33.9 Å². The number of methoxy groups -OCH3 is 3. The number of hydrogen-bond acceptors (Lipinski definition) is 5. The third kappa shape index (κ3) is 4.19. The molecule has 0 heterocycles. The van der Waals surface area contributed by atoms with Crippen LogP contribution in [0.4, 0.5) is 0 Å². The van der Waals surface area contributed by atoms with E-state index in [0.29, 0.717) is 17.2 Å². The lowest BCUT2D eigenvalue weighted by atomic mass is 10.1. The highest BCUT2D eigenvalue weighted by Crippen LogP contribution is 2.35. The highest BCUT2D eigenvalue weighted by molar-refractivity contribution is 5.67. The summed E-state index contributed by atoms with van der Waals surface area (Å²) < 4.78 is 20.8. The van der Waals surface area contributed by atoms with E-state index in [1.807, 2.05) is 19.1 Å². The molecule has 0 radical (unpaired) electrons. The smallest absolute Gasteiger partial charge is 0.302 e. The van der Waals surface area contributed by atoms with Crippen molar-refractivity contribution >= 4 is 12.0 Å². The quantitative estimate of drug-likeness (QED) is 0.750. The molecule has 0 atom stereocenters. The van der Waals surface area contributed by atoms with Gasteiger partial charge >= 0.3 is 5.97 Å². The average molecular weight is 280 g/mol. The van der Waals surface area contributed by atoms with Crippen molar-refractivity contribution in [2.24, 2.45) is 0 Å². The number of carbonyl (C=O) groups is 1. The van der Waals surface area contributed by atoms with Gasteiger partial charge < -0.3 is 18.9 Å². The van der Waals surface area contributed by atoms with Gasteiger partial charge in [0.15, 0.2) is 11.5 Å². The molecule has 0 aliphatic carbocycles. The van der Waals surface area contributed by atoms with E-state index >= 15 is 0 Å². The van der Waals surface area contributed by atoms with Gasteiger partial charge in [0.25, 0.3) is 0 Å². The van der Waals surface area contributed by atoms with Crippen LogP contribution in [0.5, 0.6) is 17.2 Å². The van der Waals surface area contributed by atoms with Gasteiger partial charge in [-0.05, 0) is 24.6 Å². The van der Waals surface area contributed by atoms with E-state index in [1.165, 1.54) is 6.92 Å². The minimum absolute atomic E-state index is 0.243. The lowest BCUT2D eigenvalue weighted by molar-refractivity contribution is -0.139. The fraction of sp³-hybridized carbons (Fsp3) is 0.400. The summed E-state index contributed by atoms with van der Waals surface area (Å²) in [5.41, 5.74) is 1.72. The fourth-order valence-electron chi connectivity index (χ4n) is 1.69. The van der Waals surface area contributed by atoms with Gasteiger partial charge in [0.1, 0.15) is 12.4 Å². The van der Waals surface area contributed by atoms with E-state index in [2.05, 4.69) is 0 Å². The number of hydrogen-bond donors (Lipinski definition) is 0. The van der Waals surface area contributed by atoms with Crippen LogP contribution in [0.2, 0.25) is 0 Å². The molecule has 0 aliphatic rings. The van der Waals surface area contributed by atoms with Gasteiger partial charge in [-0.25, -0.2) is 0 Å². The van der Waals surface area contributed by atoms with Crippen LogP contribution in [0.15, 0.2) is 17.7 Å².